The molecule has 4 nitrogen and oxygen atoms in total. The number of nitrogens with two attached hydrogens (primary N) is 1. The Kier molecular flexibility index (Phi) is 5.23. The third kappa shape index (κ3) is 4.08. The maximum absolute atomic E-state index is 12.1. The Balaban J connectivity index is 1.51. The van der Waals surface area contributed by atoms with Crippen molar-refractivity contribution >= 4 is 16.8 Å². The molecule has 122 valence electrons. The van der Waals surface area contributed by atoms with Crippen molar-refractivity contribution in [2.45, 2.75) is 44.6 Å². The third-order valence-corrected chi connectivity index (χ3v) is 4.85. The Morgan fingerprint density at radius 3 is 2.91 bits per heavy atom. The predicted octanol–water partition coefficient (Wildman–Crippen LogP) is 2.80. The molecular formula is C19H25N3O. The highest BCUT2D eigenvalue weighted by Crippen LogP contribution is 2.25. The second kappa shape index (κ2) is 7.55. The first kappa shape index (κ1) is 15.9. The second-order valence-electron chi connectivity index (χ2n) is 6.50. The molecule has 4 heteroatoms. The van der Waals surface area contributed by atoms with E-state index in [1.165, 1.54) is 18.4 Å². The second-order valence-corrected chi connectivity index (χ2v) is 6.50. The van der Waals surface area contributed by atoms with E-state index in [9.17, 15) is 4.79 Å². The number of carbonyl (C=O) groups is 1. The van der Waals surface area contributed by atoms with Gasteiger partial charge in [0.15, 0.2) is 0 Å². The molecule has 0 saturated heterocycles. The number of aromatic nitrogens is 1. The minimum Gasteiger partial charge on any atom is -0.356 e. The van der Waals surface area contributed by atoms with Crippen molar-refractivity contribution in [3.05, 3.63) is 42.1 Å². The lowest BCUT2D eigenvalue weighted by Crippen LogP contribution is -2.37. The van der Waals surface area contributed by atoms with Gasteiger partial charge in [-0.15, -0.1) is 0 Å². The average Bonchev–Trinajstić information content (AvgIpc) is 2.57. The van der Waals surface area contributed by atoms with Crippen LogP contribution in [0.4, 0.5) is 0 Å². The standard InChI is InChI=1S/C19H25N3O/c20-17-9-2-1-5-16(17)13-18(23)21-12-10-15-7-3-6-14-8-4-11-22-19(14)15/h3-4,6-8,11,16-17H,1-2,5,9-10,12-13,20H2,(H,21,23). The van der Waals surface area contributed by atoms with Crippen LogP contribution >= 0.6 is 0 Å². The summed E-state index contributed by atoms with van der Waals surface area (Å²) in [7, 11) is 0. The average molecular weight is 311 g/mol. The van der Waals surface area contributed by atoms with E-state index in [0.717, 1.165) is 30.2 Å². The summed E-state index contributed by atoms with van der Waals surface area (Å²) in [4.78, 5) is 16.6. The normalized spacial score (nSPS) is 21.3. The first-order valence-corrected chi connectivity index (χ1v) is 8.59. The molecule has 3 rings (SSSR count). The van der Waals surface area contributed by atoms with Crippen molar-refractivity contribution in [3.8, 4) is 0 Å². The Morgan fingerprint density at radius 2 is 2.04 bits per heavy atom. The third-order valence-electron chi connectivity index (χ3n) is 4.85. The topological polar surface area (TPSA) is 68.0 Å². The molecule has 0 radical (unpaired) electrons. The van der Waals surface area contributed by atoms with Crippen LogP contribution in [0.5, 0.6) is 0 Å². The zero-order valence-electron chi connectivity index (χ0n) is 13.5. The molecule has 1 aromatic carbocycles. The zero-order valence-corrected chi connectivity index (χ0v) is 13.5. The quantitative estimate of drug-likeness (QED) is 0.892. The van der Waals surface area contributed by atoms with E-state index in [2.05, 4.69) is 28.5 Å². The van der Waals surface area contributed by atoms with Crippen LogP contribution in [0, 0.1) is 5.92 Å². The van der Waals surface area contributed by atoms with Gasteiger partial charge in [-0.05, 0) is 36.8 Å². The van der Waals surface area contributed by atoms with Gasteiger partial charge in [-0.25, -0.2) is 0 Å². The van der Waals surface area contributed by atoms with E-state index in [-0.39, 0.29) is 11.9 Å². The van der Waals surface area contributed by atoms with Crippen LogP contribution in [0.15, 0.2) is 36.5 Å². The number of para-hydroxylation sites is 1. The van der Waals surface area contributed by atoms with Gasteiger partial charge in [-0.1, -0.05) is 37.1 Å². The van der Waals surface area contributed by atoms with Crippen molar-refractivity contribution in [1.82, 2.24) is 10.3 Å². The van der Waals surface area contributed by atoms with Crippen LogP contribution in [-0.4, -0.2) is 23.5 Å². The molecular weight excluding hydrogens is 286 g/mol. The number of hydrogen-bond acceptors (Lipinski definition) is 3. The lowest BCUT2D eigenvalue weighted by molar-refractivity contribution is -0.122. The number of nitrogens with zero attached hydrogens (tertiary/aromatic N) is 1. The number of pyridine rings is 1. The van der Waals surface area contributed by atoms with Gasteiger partial charge in [0.25, 0.3) is 0 Å². The number of hydrogen-bond donors (Lipinski definition) is 2. The highest BCUT2D eigenvalue weighted by Gasteiger charge is 2.23. The number of amides is 1. The zero-order chi connectivity index (χ0) is 16.1. The van der Waals surface area contributed by atoms with E-state index < -0.39 is 0 Å². The van der Waals surface area contributed by atoms with Gasteiger partial charge in [-0.3, -0.25) is 9.78 Å². The molecule has 2 atom stereocenters. The summed E-state index contributed by atoms with van der Waals surface area (Å²) in [5, 5.41) is 4.18. The molecule has 1 aromatic heterocycles. The van der Waals surface area contributed by atoms with Crippen LogP contribution in [0.25, 0.3) is 10.9 Å². The predicted molar refractivity (Wildman–Crippen MR) is 93.0 cm³/mol. The number of rotatable bonds is 5. The Morgan fingerprint density at radius 1 is 1.22 bits per heavy atom. The van der Waals surface area contributed by atoms with E-state index >= 15 is 0 Å². The Hall–Kier alpha value is -1.94. The maximum Gasteiger partial charge on any atom is 0.220 e. The molecule has 3 N–H and O–H groups in total. The lowest BCUT2D eigenvalue weighted by atomic mass is 9.83. The molecule has 1 amide bonds. The minimum atomic E-state index is 0.126. The number of nitrogens with one attached hydrogen (secondary N) is 1. The lowest BCUT2D eigenvalue weighted by Gasteiger charge is -2.27. The number of benzene rings is 1. The molecule has 0 spiro atoms. The summed E-state index contributed by atoms with van der Waals surface area (Å²) >= 11 is 0. The van der Waals surface area contributed by atoms with Crippen LogP contribution in [0.1, 0.15) is 37.7 Å². The first-order chi connectivity index (χ1) is 11.2. The first-order valence-electron chi connectivity index (χ1n) is 8.59. The van der Waals surface area contributed by atoms with Gasteiger partial charge in [0.1, 0.15) is 0 Å². The highest BCUT2D eigenvalue weighted by molar-refractivity contribution is 5.81. The van der Waals surface area contributed by atoms with Crippen LogP contribution in [0.3, 0.4) is 0 Å². The largest absolute Gasteiger partial charge is 0.356 e. The van der Waals surface area contributed by atoms with Gasteiger partial charge in [0, 0.05) is 30.6 Å². The summed E-state index contributed by atoms with van der Waals surface area (Å²) in [6, 6.07) is 10.4. The van der Waals surface area contributed by atoms with E-state index in [1.54, 1.807) is 0 Å². The molecule has 1 aliphatic carbocycles. The fourth-order valence-electron chi connectivity index (χ4n) is 3.51. The molecule has 1 heterocycles. The van der Waals surface area contributed by atoms with Crippen LogP contribution < -0.4 is 11.1 Å². The smallest absolute Gasteiger partial charge is 0.220 e. The van der Waals surface area contributed by atoms with Gasteiger partial charge >= 0.3 is 0 Å². The van der Waals surface area contributed by atoms with E-state index in [1.807, 2.05) is 18.3 Å². The van der Waals surface area contributed by atoms with Gasteiger partial charge in [0.05, 0.1) is 5.52 Å². The Labute approximate surface area is 137 Å². The fraction of sp³-hybridized carbons (Fsp3) is 0.474. The molecule has 1 aliphatic rings. The molecule has 2 aromatic rings. The summed E-state index contributed by atoms with van der Waals surface area (Å²) in [6.07, 6.45) is 7.72. The summed E-state index contributed by atoms with van der Waals surface area (Å²) in [5.74, 6) is 0.475. The van der Waals surface area contributed by atoms with E-state index in [4.69, 9.17) is 5.73 Å². The summed E-state index contributed by atoms with van der Waals surface area (Å²) in [5.41, 5.74) is 8.33. The molecule has 0 aliphatic heterocycles. The molecule has 0 bridgehead atoms. The summed E-state index contributed by atoms with van der Waals surface area (Å²) < 4.78 is 0. The van der Waals surface area contributed by atoms with Crippen molar-refractivity contribution in [2.75, 3.05) is 6.54 Å². The van der Waals surface area contributed by atoms with Crippen molar-refractivity contribution < 1.29 is 4.79 Å². The molecule has 2 unspecified atom stereocenters. The summed E-state index contributed by atoms with van der Waals surface area (Å²) in [6.45, 7) is 0.649. The SMILES string of the molecule is NC1CCCCC1CC(=O)NCCc1cccc2cccnc12. The fourth-order valence-corrected chi connectivity index (χ4v) is 3.51. The minimum absolute atomic E-state index is 0.126. The van der Waals surface area contributed by atoms with E-state index in [0.29, 0.717) is 18.9 Å². The highest BCUT2D eigenvalue weighted by atomic mass is 16.1. The van der Waals surface area contributed by atoms with Crippen molar-refractivity contribution in [3.63, 3.8) is 0 Å². The number of carbonyl (C=O) groups excluding carboxylic acids is 1. The van der Waals surface area contributed by atoms with Crippen LogP contribution in [-0.2, 0) is 11.2 Å². The molecule has 1 fully saturated rings. The monoisotopic (exact) mass is 311 g/mol. The Bertz CT molecular complexity index is 665. The van der Waals surface area contributed by atoms with Gasteiger partial charge < -0.3 is 11.1 Å². The number of fused-ring (bicyclic) bond motifs is 1. The maximum atomic E-state index is 12.1. The van der Waals surface area contributed by atoms with Crippen LogP contribution in [0.2, 0.25) is 0 Å². The van der Waals surface area contributed by atoms with Crippen molar-refractivity contribution in [1.29, 1.82) is 0 Å². The molecule has 23 heavy (non-hydrogen) atoms. The van der Waals surface area contributed by atoms with Gasteiger partial charge in [-0.2, -0.15) is 0 Å². The van der Waals surface area contributed by atoms with Gasteiger partial charge in [0.2, 0.25) is 5.91 Å². The molecule has 1 saturated carbocycles. The van der Waals surface area contributed by atoms with Crippen molar-refractivity contribution in [2.24, 2.45) is 11.7 Å².